The number of allylic oxidation sites excluding steroid dienone is 1. The topological polar surface area (TPSA) is 95.9 Å². The molecule has 47 heavy (non-hydrogen) atoms. The fraction of sp³-hybridized carbons (Fsp3) is 0.514. The second kappa shape index (κ2) is 13.8. The van der Waals surface area contributed by atoms with Crippen LogP contribution in [-0.4, -0.2) is 56.7 Å². The quantitative estimate of drug-likeness (QED) is 0.247. The normalized spacial score (nSPS) is 24.4. The van der Waals surface area contributed by atoms with Gasteiger partial charge in [0.15, 0.2) is 0 Å². The van der Waals surface area contributed by atoms with E-state index in [-0.39, 0.29) is 23.8 Å². The molecule has 256 valence electrons. The maximum atomic E-state index is 13.4. The van der Waals surface area contributed by atoms with Crippen LogP contribution in [0.25, 0.3) is 0 Å². The number of alkyl halides is 3. The number of aliphatic hydroxyl groups excluding tert-OH is 1. The van der Waals surface area contributed by atoms with E-state index in [1.54, 1.807) is 18.2 Å². The maximum absolute atomic E-state index is 13.4. The monoisotopic (exact) mass is 694 g/mol. The van der Waals surface area contributed by atoms with E-state index in [0.29, 0.717) is 36.2 Å². The minimum atomic E-state index is -4.75. The fourth-order valence-corrected chi connectivity index (χ4v) is 9.36. The molecule has 1 spiro atoms. The van der Waals surface area contributed by atoms with Crippen LogP contribution in [0.1, 0.15) is 66.9 Å². The molecule has 1 heterocycles. The van der Waals surface area contributed by atoms with E-state index in [2.05, 4.69) is 24.1 Å². The number of halogens is 4. The van der Waals surface area contributed by atoms with E-state index in [1.165, 1.54) is 19.1 Å². The summed E-state index contributed by atoms with van der Waals surface area (Å²) in [4.78, 5) is 15.6. The molecule has 1 amide bonds. The standard InChI is InChI=1S/C35H42ClF3N2O5S/c1-4-7-22(3)32(18-35(37,38)39)47(44,45)40-33(43)24-10-14-31-29(17-24)41(19-25-9-12-27(25)30(42)5-2)20-34(21-46-31)15-6-8-23-16-26(36)11-13-28(23)34/h4-5,10-11,13-14,16-17,22,25,27,30,32,42H,1-2,6-9,12,15,18-21H2,3H3,(H,40,43)/t22-,25-,27+,30-,32-,34-/m0/s1. The van der Waals surface area contributed by atoms with Gasteiger partial charge in [-0.2, -0.15) is 13.2 Å². The van der Waals surface area contributed by atoms with Crippen molar-refractivity contribution in [1.82, 2.24) is 4.72 Å². The number of amides is 1. The van der Waals surface area contributed by atoms with Crippen molar-refractivity contribution in [2.75, 3.05) is 24.6 Å². The average molecular weight is 695 g/mol. The molecular formula is C35H42ClF3N2O5S. The average Bonchev–Trinajstić information content (AvgIpc) is 3.14. The highest BCUT2D eigenvalue weighted by Gasteiger charge is 2.45. The number of anilines is 1. The summed E-state index contributed by atoms with van der Waals surface area (Å²) in [6, 6.07) is 10.5. The lowest BCUT2D eigenvalue weighted by Crippen LogP contribution is -2.49. The molecule has 1 fully saturated rings. The van der Waals surface area contributed by atoms with Crippen LogP contribution in [-0.2, 0) is 21.9 Å². The number of sulfonamides is 1. The van der Waals surface area contributed by atoms with Crippen molar-refractivity contribution < 1.29 is 36.2 Å². The Hall–Kier alpha value is -3.02. The second-order valence-corrected chi connectivity index (χ2v) is 15.7. The van der Waals surface area contributed by atoms with Crippen LogP contribution in [0.3, 0.4) is 0 Å². The molecule has 2 N–H and O–H groups in total. The zero-order valence-corrected chi connectivity index (χ0v) is 28.0. The Balaban J connectivity index is 1.49. The summed E-state index contributed by atoms with van der Waals surface area (Å²) < 4.78 is 75.1. The molecule has 1 saturated carbocycles. The van der Waals surface area contributed by atoms with Crippen molar-refractivity contribution in [3.8, 4) is 5.75 Å². The van der Waals surface area contributed by atoms with Gasteiger partial charge in [-0.3, -0.25) is 4.79 Å². The van der Waals surface area contributed by atoms with Crippen LogP contribution in [0.2, 0.25) is 5.02 Å². The maximum Gasteiger partial charge on any atom is 0.390 e. The van der Waals surface area contributed by atoms with Gasteiger partial charge in [0.1, 0.15) is 5.75 Å². The predicted molar refractivity (Wildman–Crippen MR) is 177 cm³/mol. The van der Waals surface area contributed by atoms with Crippen molar-refractivity contribution in [2.45, 2.75) is 74.8 Å². The van der Waals surface area contributed by atoms with Gasteiger partial charge in [-0.05, 0) is 97.7 Å². The first-order valence-corrected chi connectivity index (χ1v) is 17.9. The van der Waals surface area contributed by atoms with E-state index in [0.717, 1.165) is 43.2 Å². The van der Waals surface area contributed by atoms with Gasteiger partial charge in [-0.1, -0.05) is 36.7 Å². The Labute approximate surface area is 279 Å². The third-order valence-electron chi connectivity index (χ3n) is 10.2. The molecule has 0 saturated heterocycles. The van der Waals surface area contributed by atoms with E-state index in [4.69, 9.17) is 16.3 Å². The van der Waals surface area contributed by atoms with E-state index >= 15 is 0 Å². The summed E-state index contributed by atoms with van der Waals surface area (Å²) in [6.45, 7) is 10.1. The Morgan fingerprint density at radius 3 is 2.66 bits per heavy atom. The lowest BCUT2D eigenvalue weighted by molar-refractivity contribution is -0.136. The minimum absolute atomic E-state index is 0.0215. The van der Waals surface area contributed by atoms with Crippen molar-refractivity contribution in [2.24, 2.45) is 17.8 Å². The van der Waals surface area contributed by atoms with Gasteiger partial charge in [0, 0.05) is 29.1 Å². The van der Waals surface area contributed by atoms with Crippen LogP contribution in [0, 0.1) is 17.8 Å². The van der Waals surface area contributed by atoms with Crippen molar-refractivity contribution >= 4 is 33.2 Å². The SMILES string of the molecule is C=CC[C@H](C)[C@H](CC(F)(F)F)S(=O)(=O)NC(=O)c1ccc2c(c1)N(C[C@@H]1CC[C@H]1[C@@H](O)C=C)C[C@@]1(CCCc3cc(Cl)ccc31)CO2. The number of hydrogen-bond acceptors (Lipinski definition) is 6. The number of ether oxygens (including phenoxy) is 1. The van der Waals surface area contributed by atoms with Crippen molar-refractivity contribution in [3.05, 3.63) is 83.4 Å². The van der Waals surface area contributed by atoms with Gasteiger partial charge in [0.2, 0.25) is 10.0 Å². The van der Waals surface area contributed by atoms with E-state index in [1.807, 2.05) is 16.9 Å². The van der Waals surface area contributed by atoms with Crippen LogP contribution in [0.4, 0.5) is 18.9 Å². The second-order valence-electron chi connectivity index (χ2n) is 13.4. The third kappa shape index (κ3) is 7.67. The number of hydrogen-bond donors (Lipinski definition) is 2. The molecular weight excluding hydrogens is 653 g/mol. The zero-order chi connectivity index (χ0) is 34.1. The van der Waals surface area contributed by atoms with Gasteiger partial charge in [-0.25, -0.2) is 13.1 Å². The Morgan fingerprint density at radius 2 is 2.00 bits per heavy atom. The Bertz CT molecular complexity index is 1620. The first kappa shape index (κ1) is 35.3. The van der Waals surface area contributed by atoms with Crippen LogP contribution in [0.15, 0.2) is 61.7 Å². The molecule has 1 aliphatic heterocycles. The number of nitrogens with one attached hydrogen (secondary N) is 1. The Morgan fingerprint density at radius 1 is 1.23 bits per heavy atom. The number of fused-ring (bicyclic) bond motifs is 3. The highest BCUT2D eigenvalue weighted by atomic mass is 35.5. The number of aliphatic hydroxyl groups is 1. The number of rotatable bonds is 11. The van der Waals surface area contributed by atoms with Crippen LogP contribution in [0.5, 0.6) is 5.75 Å². The summed E-state index contributed by atoms with van der Waals surface area (Å²) in [5.74, 6) is -1.29. The molecule has 3 aliphatic rings. The zero-order valence-electron chi connectivity index (χ0n) is 26.4. The van der Waals surface area contributed by atoms with E-state index in [9.17, 15) is 31.5 Å². The molecule has 7 nitrogen and oxygen atoms in total. The molecule has 6 atom stereocenters. The summed E-state index contributed by atoms with van der Waals surface area (Å²) in [5.41, 5.74) is 2.47. The molecule has 2 aliphatic carbocycles. The highest BCUT2D eigenvalue weighted by molar-refractivity contribution is 7.90. The number of carbonyl (C=O) groups is 1. The lowest BCUT2D eigenvalue weighted by Gasteiger charge is -2.45. The molecule has 12 heteroatoms. The molecule has 5 rings (SSSR count). The summed E-state index contributed by atoms with van der Waals surface area (Å²) in [7, 11) is -4.72. The van der Waals surface area contributed by atoms with Crippen molar-refractivity contribution in [3.63, 3.8) is 0 Å². The number of carbonyl (C=O) groups excluding carboxylic acids is 1. The van der Waals surface area contributed by atoms with Crippen LogP contribution < -0.4 is 14.4 Å². The highest BCUT2D eigenvalue weighted by Crippen LogP contribution is 2.46. The summed E-state index contributed by atoms with van der Waals surface area (Å²) in [6.07, 6.45) is 0.348. The van der Waals surface area contributed by atoms with Gasteiger partial charge >= 0.3 is 6.18 Å². The van der Waals surface area contributed by atoms with Gasteiger partial charge in [0.25, 0.3) is 5.91 Å². The molecule has 0 aromatic heterocycles. The van der Waals surface area contributed by atoms with Gasteiger partial charge in [-0.15, -0.1) is 13.2 Å². The molecule has 2 aromatic carbocycles. The van der Waals surface area contributed by atoms with Gasteiger partial charge in [0.05, 0.1) is 30.1 Å². The smallest absolute Gasteiger partial charge is 0.390 e. The van der Waals surface area contributed by atoms with Crippen molar-refractivity contribution in [1.29, 1.82) is 0 Å². The molecule has 0 bridgehead atoms. The number of benzene rings is 2. The first-order valence-electron chi connectivity index (χ1n) is 16.0. The summed E-state index contributed by atoms with van der Waals surface area (Å²) >= 11 is 6.36. The fourth-order valence-electron chi connectivity index (χ4n) is 7.51. The minimum Gasteiger partial charge on any atom is -0.490 e. The number of aryl methyl sites for hydroxylation is 1. The van der Waals surface area contributed by atoms with Gasteiger partial charge < -0.3 is 14.7 Å². The molecule has 2 aromatic rings. The number of nitrogens with zero attached hydrogens (tertiary/aromatic N) is 1. The Kier molecular flexibility index (Phi) is 10.4. The third-order valence-corrected chi connectivity index (χ3v) is 12.3. The van der Waals surface area contributed by atoms with Crippen LogP contribution >= 0.6 is 11.6 Å². The first-order chi connectivity index (χ1) is 22.2. The molecule has 0 unspecified atom stereocenters. The predicted octanol–water partition coefficient (Wildman–Crippen LogP) is 6.98. The largest absolute Gasteiger partial charge is 0.490 e. The van der Waals surface area contributed by atoms with E-state index < -0.39 is 51.2 Å². The lowest BCUT2D eigenvalue weighted by atomic mass is 9.68. The molecule has 0 radical (unpaired) electrons. The summed E-state index contributed by atoms with van der Waals surface area (Å²) in [5, 5.41) is 9.36.